The Morgan fingerprint density at radius 3 is 2.94 bits per heavy atom. The molecule has 0 saturated carbocycles. The van der Waals surface area contributed by atoms with Crippen LogP contribution in [-0.2, 0) is 6.42 Å². The Morgan fingerprint density at radius 2 is 2.22 bits per heavy atom. The fourth-order valence-electron chi connectivity index (χ4n) is 1.39. The van der Waals surface area contributed by atoms with Gasteiger partial charge in [-0.2, -0.15) is 4.98 Å². The van der Waals surface area contributed by atoms with Crippen LogP contribution in [0.5, 0.6) is 11.5 Å². The molecule has 18 heavy (non-hydrogen) atoms. The summed E-state index contributed by atoms with van der Waals surface area (Å²) in [5.74, 6) is -0.275. The number of phenols is 2. The number of carbonyl (C=O) groups is 1. The molecule has 0 aliphatic carbocycles. The van der Waals surface area contributed by atoms with Crippen molar-refractivity contribution in [2.24, 2.45) is 0 Å². The minimum atomic E-state index is -0.480. The van der Waals surface area contributed by atoms with Crippen LogP contribution in [0.15, 0.2) is 29.1 Å². The summed E-state index contributed by atoms with van der Waals surface area (Å²) in [6.45, 7) is 0.299. The van der Waals surface area contributed by atoms with Crippen LogP contribution in [0.2, 0.25) is 0 Å². The van der Waals surface area contributed by atoms with E-state index in [0.29, 0.717) is 18.8 Å². The summed E-state index contributed by atoms with van der Waals surface area (Å²) < 4.78 is 4.54. The molecule has 0 saturated heterocycles. The van der Waals surface area contributed by atoms with E-state index in [9.17, 15) is 15.0 Å². The molecule has 94 valence electrons. The highest BCUT2D eigenvalue weighted by molar-refractivity contribution is 5.97. The van der Waals surface area contributed by atoms with E-state index < -0.39 is 5.91 Å². The number of aromatic hydroxyl groups is 2. The standard InChI is InChI=1S/C11H11N3O4/c15-7-1-2-9(16)8(5-7)11(17)12-4-3-10-13-6-18-14-10/h1-2,5-6,15-16H,3-4H2,(H,12,17). The molecule has 7 heteroatoms. The van der Waals surface area contributed by atoms with Crippen LogP contribution in [0.25, 0.3) is 0 Å². The number of hydrogen-bond acceptors (Lipinski definition) is 6. The van der Waals surface area contributed by atoms with Gasteiger partial charge in [0.25, 0.3) is 5.91 Å². The largest absolute Gasteiger partial charge is 0.508 e. The first-order valence-corrected chi connectivity index (χ1v) is 5.22. The predicted octanol–water partition coefficient (Wildman–Crippen LogP) is 0.453. The maximum absolute atomic E-state index is 11.7. The van der Waals surface area contributed by atoms with E-state index in [1.54, 1.807) is 0 Å². The molecule has 2 aromatic rings. The van der Waals surface area contributed by atoms with Crippen LogP contribution in [-0.4, -0.2) is 32.8 Å². The van der Waals surface area contributed by atoms with Gasteiger partial charge in [0.05, 0.1) is 5.56 Å². The van der Waals surface area contributed by atoms with Crippen molar-refractivity contribution in [2.45, 2.75) is 6.42 Å². The zero-order valence-corrected chi connectivity index (χ0v) is 9.33. The Balaban J connectivity index is 1.93. The van der Waals surface area contributed by atoms with Gasteiger partial charge in [0, 0.05) is 13.0 Å². The lowest BCUT2D eigenvalue weighted by atomic mass is 10.1. The number of hydrogen-bond donors (Lipinski definition) is 3. The van der Waals surface area contributed by atoms with E-state index >= 15 is 0 Å². The first-order chi connectivity index (χ1) is 8.66. The minimum Gasteiger partial charge on any atom is -0.508 e. The highest BCUT2D eigenvalue weighted by Crippen LogP contribution is 2.21. The van der Waals surface area contributed by atoms with E-state index in [0.717, 1.165) is 0 Å². The number of nitrogens with zero attached hydrogens (tertiary/aromatic N) is 2. The Hall–Kier alpha value is -2.57. The average molecular weight is 249 g/mol. The van der Waals surface area contributed by atoms with E-state index in [1.165, 1.54) is 24.6 Å². The van der Waals surface area contributed by atoms with Crippen LogP contribution >= 0.6 is 0 Å². The van der Waals surface area contributed by atoms with Gasteiger partial charge in [-0.05, 0) is 18.2 Å². The smallest absolute Gasteiger partial charge is 0.255 e. The molecule has 1 aromatic heterocycles. The van der Waals surface area contributed by atoms with Crippen molar-refractivity contribution in [1.29, 1.82) is 0 Å². The zero-order valence-electron chi connectivity index (χ0n) is 9.33. The monoisotopic (exact) mass is 249 g/mol. The number of phenolic OH excluding ortho intramolecular Hbond substituents is 2. The average Bonchev–Trinajstić information content (AvgIpc) is 2.85. The number of aromatic nitrogens is 2. The van der Waals surface area contributed by atoms with E-state index in [1.807, 2.05) is 0 Å². The van der Waals surface area contributed by atoms with Gasteiger partial charge in [-0.1, -0.05) is 5.16 Å². The molecule has 1 aromatic carbocycles. The molecule has 0 unspecified atom stereocenters. The van der Waals surface area contributed by atoms with E-state index in [4.69, 9.17) is 0 Å². The highest BCUT2D eigenvalue weighted by Gasteiger charge is 2.11. The van der Waals surface area contributed by atoms with Gasteiger partial charge in [0.2, 0.25) is 6.39 Å². The molecule has 1 amide bonds. The van der Waals surface area contributed by atoms with Gasteiger partial charge in [0.15, 0.2) is 5.82 Å². The third-order valence-electron chi connectivity index (χ3n) is 2.27. The van der Waals surface area contributed by atoms with Crippen molar-refractivity contribution in [1.82, 2.24) is 15.5 Å². The predicted molar refractivity (Wildman–Crippen MR) is 60.1 cm³/mol. The lowest BCUT2D eigenvalue weighted by Crippen LogP contribution is -2.26. The molecule has 0 radical (unpaired) electrons. The van der Waals surface area contributed by atoms with Gasteiger partial charge < -0.3 is 20.1 Å². The van der Waals surface area contributed by atoms with Gasteiger partial charge in [-0.15, -0.1) is 0 Å². The molecule has 3 N–H and O–H groups in total. The fourth-order valence-corrected chi connectivity index (χ4v) is 1.39. The quantitative estimate of drug-likeness (QED) is 0.679. The Labute approximate surface area is 102 Å². The molecule has 2 rings (SSSR count). The second kappa shape index (κ2) is 5.17. The van der Waals surface area contributed by atoms with E-state index in [-0.39, 0.29) is 17.1 Å². The maximum atomic E-state index is 11.7. The second-order valence-electron chi connectivity index (χ2n) is 3.55. The van der Waals surface area contributed by atoms with Crippen LogP contribution in [0.4, 0.5) is 0 Å². The highest BCUT2D eigenvalue weighted by atomic mass is 16.5. The van der Waals surface area contributed by atoms with Crippen molar-refractivity contribution in [3.8, 4) is 11.5 Å². The number of benzene rings is 1. The van der Waals surface area contributed by atoms with Gasteiger partial charge in [0.1, 0.15) is 11.5 Å². The SMILES string of the molecule is O=C(NCCc1ncon1)c1cc(O)ccc1O. The fraction of sp³-hybridized carbons (Fsp3) is 0.182. The molecule has 1 heterocycles. The molecule has 0 bridgehead atoms. The molecule has 7 nitrogen and oxygen atoms in total. The summed E-state index contributed by atoms with van der Waals surface area (Å²) in [5.41, 5.74) is 0.0168. The molecule has 0 fully saturated rings. The lowest BCUT2D eigenvalue weighted by molar-refractivity contribution is 0.0951. The third kappa shape index (κ3) is 2.76. The first-order valence-electron chi connectivity index (χ1n) is 5.22. The van der Waals surface area contributed by atoms with Gasteiger partial charge >= 0.3 is 0 Å². The zero-order chi connectivity index (χ0) is 13.0. The van der Waals surface area contributed by atoms with Crippen molar-refractivity contribution in [2.75, 3.05) is 6.54 Å². The second-order valence-corrected chi connectivity index (χ2v) is 3.55. The summed E-state index contributed by atoms with van der Waals surface area (Å²) in [6.07, 6.45) is 1.63. The first kappa shape index (κ1) is 11.9. The topological polar surface area (TPSA) is 108 Å². The Bertz CT molecular complexity index is 539. The van der Waals surface area contributed by atoms with Gasteiger partial charge in [-0.3, -0.25) is 4.79 Å². The van der Waals surface area contributed by atoms with E-state index in [2.05, 4.69) is 20.0 Å². The number of rotatable bonds is 4. The number of carbonyl (C=O) groups excluding carboxylic acids is 1. The number of nitrogens with one attached hydrogen (secondary N) is 1. The van der Waals surface area contributed by atoms with Crippen molar-refractivity contribution < 1.29 is 19.5 Å². The number of amides is 1. The minimum absolute atomic E-state index is 0.0168. The summed E-state index contributed by atoms with van der Waals surface area (Å²) in [7, 11) is 0. The van der Waals surface area contributed by atoms with Crippen LogP contribution in [0.1, 0.15) is 16.2 Å². The van der Waals surface area contributed by atoms with Crippen LogP contribution in [0.3, 0.4) is 0 Å². The summed E-state index contributed by atoms with van der Waals surface area (Å²) in [5, 5.41) is 24.9. The molecule has 0 aliphatic rings. The summed E-state index contributed by atoms with van der Waals surface area (Å²) in [6, 6.07) is 3.74. The normalized spacial score (nSPS) is 10.2. The van der Waals surface area contributed by atoms with Crippen molar-refractivity contribution >= 4 is 5.91 Å². The molecule has 0 aliphatic heterocycles. The maximum Gasteiger partial charge on any atom is 0.255 e. The summed E-state index contributed by atoms with van der Waals surface area (Å²) in [4.78, 5) is 15.5. The van der Waals surface area contributed by atoms with Crippen LogP contribution < -0.4 is 5.32 Å². The molecular formula is C11H11N3O4. The Morgan fingerprint density at radius 1 is 1.39 bits per heavy atom. The molecular weight excluding hydrogens is 238 g/mol. The Kier molecular flexibility index (Phi) is 3.42. The molecule has 0 atom stereocenters. The van der Waals surface area contributed by atoms with Crippen molar-refractivity contribution in [3.05, 3.63) is 36.0 Å². The third-order valence-corrected chi connectivity index (χ3v) is 2.27. The lowest BCUT2D eigenvalue weighted by Gasteiger charge is -2.06. The molecule has 0 spiro atoms. The van der Waals surface area contributed by atoms with Crippen molar-refractivity contribution in [3.63, 3.8) is 0 Å². The van der Waals surface area contributed by atoms with Gasteiger partial charge in [-0.25, -0.2) is 0 Å². The summed E-state index contributed by atoms with van der Waals surface area (Å²) >= 11 is 0. The van der Waals surface area contributed by atoms with Crippen LogP contribution in [0, 0.1) is 0 Å².